The molecule has 0 aliphatic carbocycles. The van der Waals surface area contributed by atoms with Crippen LogP contribution in [0.5, 0.6) is 0 Å². The average Bonchev–Trinajstić information content (AvgIpc) is 3.34. The first kappa shape index (κ1) is 50.9. The molecule has 0 bridgehead atoms. The van der Waals surface area contributed by atoms with Gasteiger partial charge in [0.1, 0.15) is 52.7 Å². The number of nitrogens with zero attached hydrogens (tertiary/aromatic N) is 1. The molecule has 0 N–H and O–H groups in total. The van der Waals surface area contributed by atoms with Gasteiger partial charge in [-0.1, -0.05) is 48.5 Å². The Bertz CT molecular complexity index is 2880. The summed E-state index contributed by atoms with van der Waals surface area (Å²) in [5.74, 6) is -71.9. The van der Waals surface area contributed by atoms with E-state index in [1.807, 2.05) is 48.5 Å². The smallest absolute Gasteiger partial charge is 0.404 e. The van der Waals surface area contributed by atoms with Crippen molar-refractivity contribution < 1.29 is 107 Å². The highest BCUT2D eigenvalue weighted by Gasteiger charge is 2.52. The Morgan fingerprint density at radius 1 is 0.420 bits per heavy atom. The van der Waals surface area contributed by atoms with Crippen molar-refractivity contribution in [1.29, 1.82) is 0 Å². The SMILES string of the molecule is CCOC(=O)c1c2ccccc2cc[n+]1CC(=O)c1ccccc1.Fc1c(F)c(F)c([B-](c2c(F)c(F)c(F)c(F)c2F)(c2c(F)c(F)c(F)c(F)c2F)c2c(F)c(F)c(F)c(F)c2F)c(F)c1F. The molecule has 6 aromatic carbocycles. The number of rotatable bonds is 9. The van der Waals surface area contributed by atoms with Crippen molar-refractivity contribution in [2.75, 3.05) is 6.61 Å². The fourth-order valence-electron chi connectivity index (χ4n) is 7.56. The second kappa shape index (κ2) is 19.3. The van der Waals surface area contributed by atoms with Crippen LogP contribution in [-0.2, 0) is 11.3 Å². The normalized spacial score (nSPS) is 11.5. The Balaban J connectivity index is 0.000000273. The first-order valence-corrected chi connectivity index (χ1v) is 18.8. The number of carbonyl (C=O) groups is 2. The molecule has 1 aromatic heterocycles. The summed E-state index contributed by atoms with van der Waals surface area (Å²) in [6.45, 7) is 2.14. The maximum atomic E-state index is 15.4. The fourth-order valence-corrected chi connectivity index (χ4v) is 7.56. The average molecular weight is 999 g/mol. The monoisotopic (exact) mass is 999 g/mol. The largest absolute Gasteiger partial charge is 0.458 e. The molecule has 0 fully saturated rings. The number of fused-ring (bicyclic) bond motifs is 1. The molecule has 7 rings (SSSR count). The number of pyridine rings is 1. The summed E-state index contributed by atoms with van der Waals surface area (Å²) in [6, 6.07) is 18.5. The Hall–Kier alpha value is -7.47. The predicted molar refractivity (Wildman–Crippen MR) is 200 cm³/mol. The minimum Gasteiger partial charge on any atom is -0.458 e. The van der Waals surface area contributed by atoms with Gasteiger partial charge in [0.05, 0.1) is 12.0 Å². The number of benzene rings is 6. The maximum absolute atomic E-state index is 15.4. The molecule has 360 valence electrons. The lowest BCUT2D eigenvalue weighted by Gasteiger charge is -2.44. The second-order valence-electron chi connectivity index (χ2n) is 14.2. The van der Waals surface area contributed by atoms with E-state index in [-0.39, 0.29) is 18.9 Å². The summed E-state index contributed by atoms with van der Waals surface area (Å²) in [6.07, 6.45) is -5.46. The lowest BCUT2D eigenvalue weighted by Crippen LogP contribution is -2.81. The number of halogens is 20. The fraction of sp³-hybridized carbons (Fsp3) is 0.0682. The quantitative estimate of drug-likeness (QED) is 0.0276. The molecule has 1 heterocycles. The van der Waals surface area contributed by atoms with Crippen molar-refractivity contribution in [1.82, 2.24) is 0 Å². The lowest BCUT2D eigenvalue weighted by molar-refractivity contribution is -0.684. The summed E-state index contributed by atoms with van der Waals surface area (Å²) in [5.41, 5.74) is -13.3. The van der Waals surface area contributed by atoms with E-state index in [0.29, 0.717) is 11.3 Å². The standard InChI is InChI=1S/C24BF20.C20H18NO3/c26-5-1(6(27)14(35)21(42)13(5)34)25(2-7(28)15(36)22(43)16(37)8(2)29,3-9(30)17(38)23(44)18(39)10(3)31)4-11(32)19(40)24(45)20(41)12(4)33;1-2-24-20(23)19-17-11-7-6-8-15(17)12-13-21(19)14-18(22)16-9-4-3-5-10-16/h;3-13H,2,14H2,1H3/q-1;+1. The van der Waals surface area contributed by atoms with Gasteiger partial charge in [-0.05, 0) is 18.4 Å². The topological polar surface area (TPSA) is 47.2 Å². The van der Waals surface area contributed by atoms with Crippen molar-refractivity contribution in [2.24, 2.45) is 0 Å². The highest BCUT2D eigenvalue weighted by molar-refractivity contribution is 7.20. The number of hydrogen-bond acceptors (Lipinski definition) is 3. The molecular weight excluding hydrogens is 981 g/mol. The zero-order valence-electron chi connectivity index (χ0n) is 33.6. The van der Waals surface area contributed by atoms with Gasteiger partial charge < -0.3 is 4.74 Å². The molecule has 7 aromatic rings. The van der Waals surface area contributed by atoms with E-state index in [0.717, 1.165) is 10.8 Å². The van der Waals surface area contributed by atoms with Crippen LogP contribution in [0.4, 0.5) is 87.8 Å². The van der Waals surface area contributed by atoms with Crippen LogP contribution in [0.3, 0.4) is 0 Å². The number of esters is 1. The number of ether oxygens (including phenoxy) is 1. The van der Waals surface area contributed by atoms with E-state index < -0.39 is 150 Å². The molecule has 0 aliphatic heterocycles. The molecule has 0 spiro atoms. The Kier molecular flexibility index (Phi) is 14.2. The molecule has 25 heteroatoms. The zero-order valence-corrected chi connectivity index (χ0v) is 33.6. The molecule has 0 aliphatic rings. The van der Waals surface area contributed by atoms with Crippen LogP contribution >= 0.6 is 0 Å². The van der Waals surface area contributed by atoms with Gasteiger partial charge in [0, 0.05) is 11.6 Å². The molecule has 0 saturated carbocycles. The summed E-state index contributed by atoms with van der Waals surface area (Å²) in [7, 11) is 0. The Morgan fingerprint density at radius 3 is 1.06 bits per heavy atom. The molecule has 0 radical (unpaired) electrons. The van der Waals surface area contributed by atoms with Gasteiger partial charge in [-0.2, -0.15) is 4.57 Å². The van der Waals surface area contributed by atoms with E-state index in [1.165, 1.54) is 0 Å². The van der Waals surface area contributed by atoms with E-state index in [1.54, 1.807) is 29.8 Å². The summed E-state index contributed by atoms with van der Waals surface area (Å²) >= 11 is 0. The van der Waals surface area contributed by atoms with E-state index >= 15 is 35.1 Å². The zero-order chi connectivity index (χ0) is 51.3. The number of Topliss-reactive ketones (excluding diaryl/α,β-unsaturated/α-hetero) is 1. The van der Waals surface area contributed by atoms with E-state index in [4.69, 9.17) is 4.74 Å². The number of aromatic nitrogens is 1. The summed E-state index contributed by atoms with van der Waals surface area (Å²) in [5, 5.41) is 1.71. The van der Waals surface area contributed by atoms with E-state index in [9.17, 15) is 62.3 Å². The van der Waals surface area contributed by atoms with Crippen molar-refractivity contribution >= 4 is 50.5 Å². The molecule has 0 atom stereocenters. The van der Waals surface area contributed by atoms with Gasteiger partial charge in [-0.3, -0.25) is 4.79 Å². The summed E-state index contributed by atoms with van der Waals surface area (Å²) < 4.78 is 301. The Labute approximate surface area is 371 Å². The van der Waals surface area contributed by atoms with Crippen molar-refractivity contribution in [2.45, 2.75) is 13.5 Å². The van der Waals surface area contributed by atoms with Crippen molar-refractivity contribution in [3.05, 3.63) is 194 Å². The van der Waals surface area contributed by atoms with E-state index in [2.05, 4.69) is 0 Å². The minimum absolute atomic E-state index is 0.0542. The highest BCUT2D eigenvalue weighted by atomic mass is 19.2. The van der Waals surface area contributed by atoms with Gasteiger partial charge in [0.25, 0.3) is 5.69 Å². The second-order valence-corrected chi connectivity index (χ2v) is 14.2. The van der Waals surface area contributed by atoms with Crippen LogP contribution < -0.4 is 26.4 Å². The highest BCUT2D eigenvalue weighted by Crippen LogP contribution is 2.31. The molecular formula is C44H18BF20NO3. The number of ketones is 1. The lowest BCUT2D eigenvalue weighted by atomic mass is 9.12. The van der Waals surface area contributed by atoms with Crippen LogP contribution in [0, 0.1) is 116 Å². The van der Waals surface area contributed by atoms with Crippen LogP contribution in [0.25, 0.3) is 10.8 Å². The summed E-state index contributed by atoms with van der Waals surface area (Å²) in [4.78, 5) is 25.0. The molecule has 4 nitrogen and oxygen atoms in total. The van der Waals surface area contributed by atoms with Gasteiger partial charge in [0.15, 0.2) is 76.0 Å². The van der Waals surface area contributed by atoms with Gasteiger partial charge >= 0.3 is 5.97 Å². The van der Waals surface area contributed by atoms with Crippen LogP contribution in [0.15, 0.2) is 66.9 Å². The van der Waals surface area contributed by atoms with Gasteiger partial charge in [0.2, 0.25) is 12.3 Å². The van der Waals surface area contributed by atoms with Crippen LogP contribution in [0.2, 0.25) is 0 Å². The third-order valence-electron chi connectivity index (χ3n) is 10.5. The minimum atomic E-state index is -7.22. The van der Waals surface area contributed by atoms with Crippen LogP contribution in [-0.4, -0.2) is 24.5 Å². The Morgan fingerprint density at radius 2 is 0.725 bits per heavy atom. The predicted octanol–water partition coefficient (Wildman–Crippen LogP) is 9.03. The molecule has 0 amide bonds. The molecule has 0 saturated heterocycles. The third-order valence-corrected chi connectivity index (χ3v) is 10.5. The third kappa shape index (κ3) is 8.15. The molecule has 69 heavy (non-hydrogen) atoms. The van der Waals surface area contributed by atoms with Crippen LogP contribution in [0.1, 0.15) is 27.8 Å². The van der Waals surface area contributed by atoms with Crippen molar-refractivity contribution in [3.63, 3.8) is 0 Å². The number of carbonyl (C=O) groups excluding carboxylic acids is 2. The maximum Gasteiger partial charge on any atom is 0.404 e. The number of hydrogen-bond donors (Lipinski definition) is 0. The first-order chi connectivity index (χ1) is 32.4. The molecule has 0 unspecified atom stereocenters. The van der Waals surface area contributed by atoms with Crippen molar-refractivity contribution in [3.8, 4) is 0 Å². The van der Waals surface area contributed by atoms with Gasteiger partial charge in [-0.25, -0.2) is 92.6 Å². The first-order valence-electron chi connectivity index (χ1n) is 18.8. The van der Waals surface area contributed by atoms with Gasteiger partial charge in [-0.15, -0.1) is 21.9 Å².